The van der Waals surface area contributed by atoms with E-state index in [4.69, 9.17) is 9.47 Å². The van der Waals surface area contributed by atoms with E-state index in [0.29, 0.717) is 6.42 Å². The number of ether oxygens (including phenoxy) is 2. The zero-order valence-electron chi connectivity index (χ0n) is 10.6. The summed E-state index contributed by atoms with van der Waals surface area (Å²) in [6.45, 7) is 3.59. The van der Waals surface area contributed by atoms with Crippen molar-refractivity contribution >= 4 is 11.7 Å². The van der Waals surface area contributed by atoms with E-state index in [1.807, 2.05) is 0 Å². The van der Waals surface area contributed by atoms with Crippen LogP contribution in [0.15, 0.2) is 18.2 Å². The number of carbonyl (C=O) groups is 1. The van der Waals surface area contributed by atoms with Gasteiger partial charge in [0.15, 0.2) is 6.10 Å². The summed E-state index contributed by atoms with van der Waals surface area (Å²) in [6.07, 6.45) is -0.516. The fourth-order valence-electron chi connectivity index (χ4n) is 1.41. The van der Waals surface area contributed by atoms with Crippen LogP contribution in [-0.2, 0) is 9.53 Å². The van der Waals surface area contributed by atoms with Crippen molar-refractivity contribution in [3.63, 3.8) is 0 Å². The highest BCUT2D eigenvalue weighted by molar-refractivity contribution is 5.75. The molecule has 6 nitrogen and oxygen atoms in total. The molecule has 0 fully saturated rings. The minimum absolute atomic E-state index is 0.0444. The predicted octanol–water partition coefficient (Wildman–Crippen LogP) is 2.45. The molecule has 0 bridgehead atoms. The van der Waals surface area contributed by atoms with Gasteiger partial charge in [-0.05, 0) is 19.4 Å². The van der Waals surface area contributed by atoms with E-state index >= 15 is 0 Å². The quantitative estimate of drug-likeness (QED) is 0.451. The molecule has 0 spiro atoms. The zero-order valence-corrected chi connectivity index (χ0v) is 10.6. The number of carbonyl (C=O) groups excluding carboxylic acids is 1. The van der Waals surface area contributed by atoms with Gasteiger partial charge < -0.3 is 9.47 Å². The topological polar surface area (TPSA) is 78.7 Å². The Balaban J connectivity index is 2.84. The minimum atomic E-state index is -1.01. The van der Waals surface area contributed by atoms with Gasteiger partial charge in [0.25, 0.3) is 0 Å². The van der Waals surface area contributed by atoms with E-state index < -0.39 is 28.5 Å². The molecule has 0 N–H and O–H groups in total. The van der Waals surface area contributed by atoms with Crippen molar-refractivity contribution in [3.05, 3.63) is 34.1 Å². The third-order valence-corrected chi connectivity index (χ3v) is 2.31. The van der Waals surface area contributed by atoms with Crippen molar-refractivity contribution < 1.29 is 23.6 Å². The summed E-state index contributed by atoms with van der Waals surface area (Å²) in [4.78, 5) is 21.1. The van der Waals surface area contributed by atoms with Crippen LogP contribution < -0.4 is 4.74 Å². The summed E-state index contributed by atoms with van der Waals surface area (Å²) in [5, 5.41) is 10.5. The maximum atomic E-state index is 13.4. The fraction of sp³-hybridized carbons (Fsp3) is 0.417. The molecule has 1 atom stereocenters. The summed E-state index contributed by atoms with van der Waals surface area (Å²) in [6, 6.07) is 3.10. The highest BCUT2D eigenvalue weighted by atomic mass is 19.1. The van der Waals surface area contributed by atoms with Crippen molar-refractivity contribution in [3.8, 4) is 5.75 Å². The first-order valence-electron chi connectivity index (χ1n) is 5.76. The molecule has 0 aromatic heterocycles. The fourth-order valence-corrected chi connectivity index (χ4v) is 1.41. The molecule has 0 saturated heterocycles. The molecule has 0 amide bonds. The minimum Gasteiger partial charge on any atom is -0.479 e. The van der Waals surface area contributed by atoms with Crippen molar-refractivity contribution in [2.75, 3.05) is 6.61 Å². The molecule has 104 valence electrons. The van der Waals surface area contributed by atoms with Gasteiger partial charge in [0.05, 0.1) is 11.5 Å². The van der Waals surface area contributed by atoms with Gasteiger partial charge in [0.1, 0.15) is 5.75 Å². The van der Waals surface area contributed by atoms with Gasteiger partial charge in [0, 0.05) is 12.1 Å². The molecule has 7 heteroatoms. The molecular formula is C12H14FNO5. The summed E-state index contributed by atoms with van der Waals surface area (Å²) in [5.74, 6) is -1.52. The maximum Gasteiger partial charge on any atom is 0.347 e. The summed E-state index contributed by atoms with van der Waals surface area (Å²) >= 11 is 0. The van der Waals surface area contributed by atoms with Gasteiger partial charge in [-0.15, -0.1) is 0 Å². The standard InChI is InChI=1S/C12H14FNO5/c1-3-11(12(15)18-4-2)19-8-5-6-10(14(16)17)9(13)7-8/h5-7,11H,3-4H2,1-2H3. The number of hydrogen-bond donors (Lipinski definition) is 0. The average Bonchev–Trinajstić information content (AvgIpc) is 2.35. The van der Waals surface area contributed by atoms with Crippen LogP contribution in [0, 0.1) is 15.9 Å². The highest BCUT2D eigenvalue weighted by Crippen LogP contribution is 2.23. The second-order valence-electron chi connectivity index (χ2n) is 3.64. The number of nitro groups is 1. The Labute approximate surface area is 109 Å². The zero-order chi connectivity index (χ0) is 14.4. The largest absolute Gasteiger partial charge is 0.479 e. The van der Waals surface area contributed by atoms with Crippen LogP contribution in [0.1, 0.15) is 20.3 Å². The molecule has 0 aliphatic heterocycles. The molecule has 1 unspecified atom stereocenters. The first-order valence-corrected chi connectivity index (χ1v) is 5.76. The lowest BCUT2D eigenvalue weighted by Gasteiger charge is -2.15. The second-order valence-corrected chi connectivity index (χ2v) is 3.64. The van der Waals surface area contributed by atoms with Crippen molar-refractivity contribution in [1.82, 2.24) is 0 Å². The average molecular weight is 271 g/mol. The lowest BCUT2D eigenvalue weighted by atomic mass is 10.2. The van der Waals surface area contributed by atoms with Gasteiger partial charge in [-0.25, -0.2) is 4.79 Å². The normalized spacial score (nSPS) is 11.7. The molecular weight excluding hydrogens is 257 g/mol. The van der Waals surface area contributed by atoms with Crippen LogP contribution in [0.3, 0.4) is 0 Å². The van der Waals surface area contributed by atoms with E-state index in [9.17, 15) is 19.3 Å². The molecule has 1 rings (SSSR count). The molecule has 0 heterocycles. The third-order valence-electron chi connectivity index (χ3n) is 2.31. The van der Waals surface area contributed by atoms with Crippen molar-refractivity contribution in [1.29, 1.82) is 0 Å². The predicted molar refractivity (Wildman–Crippen MR) is 64.4 cm³/mol. The number of hydrogen-bond acceptors (Lipinski definition) is 5. The summed E-state index contributed by atoms with van der Waals surface area (Å²) < 4.78 is 23.4. The lowest BCUT2D eigenvalue weighted by Crippen LogP contribution is -2.28. The van der Waals surface area contributed by atoms with E-state index in [-0.39, 0.29) is 12.4 Å². The highest BCUT2D eigenvalue weighted by Gasteiger charge is 2.21. The first kappa shape index (κ1) is 14.9. The van der Waals surface area contributed by atoms with Crippen molar-refractivity contribution in [2.45, 2.75) is 26.4 Å². The smallest absolute Gasteiger partial charge is 0.347 e. The number of esters is 1. The van der Waals surface area contributed by atoms with Crippen LogP contribution in [-0.4, -0.2) is 23.6 Å². The number of benzene rings is 1. The molecule has 0 saturated carbocycles. The Morgan fingerprint density at radius 2 is 2.16 bits per heavy atom. The number of rotatable bonds is 6. The number of halogens is 1. The Morgan fingerprint density at radius 3 is 2.63 bits per heavy atom. The second kappa shape index (κ2) is 6.67. The maximum absolute atomic E-state index is 13.4. The Bertz CT molecular complexity index is 477. The molecule has 0 aliphatic carbocycles. The molecule has 0 aliphatic rings. The third kappa shape index (κ3) is 3.90. The molecule has 1 aromatic carbocycles. The molecule has 1 aromatic rings. The first-order chi connectivity index (χ1) is 8.99. The van der Waals surface area contributed by atoms with Crippen molar-refractivity contribution in [2.24, 2.45) is 0 Å². The summed E-state index contributed by atoms with van der Waals surface area (Å²) in [5.41, 5.74) is -0.642. The van der Waals surface area contributed by atoms with Crippen LogP contribution in [0.4, 0.5) is 10.1 Å². The number of nitrogens with zero attached hydrogens (tertiary/aromatic N) is 1. The van der Waals surface area contributed by atoms with E-state index in [1.165, 1.54) is 6.07 Å². The monoisotopic (exact) mass is 271 g/mol. The summed E-state index contributed by atoms with van der Waals surface area (Å²) in [7, 11) is 0. The van der Waals surface area contributed by atoms with E-state index in [2.05, 4.69) is 0 Å². The van der Waals surface area contributed by atoms with Gasteiger partial charge in [-0.2, -0.15) is 4.39 Å². The lowest BCUT2D eigenvalue weighted by molar-refractivity contribution is -0.387. The van der Waals surface area contributed by atoms with Crippen LogP contribution in [0.5, 0.6) is 5.75 Å². The van der Waals surface area contributed by atoms with E-state index in [1.54, 1.807) is 13.8 Å². The SMILES string of the molecule is CCOC(=O)C(CC)Oc1ccc([N+](=O)[O-])c(F)c1. The van der Waals surface area contributed by atoms with Gasteiger partial charge in [-0.3, -0.25) is 10.1 Å². The molecule has 19 heavy (non-hydrogen) atoms. The van der Waals surface area contributed by atoms with Gasteiger partial charge in [-0.1, -0.05) is 6.92 Å². The van der Waals surface area contributed by atoms with Crippen LogP contribution >= 0.6 is 0 Å². The van der Waals surface area contributed by atoms with Crippen LogP contribution in [0.25, 0.3) is 0 Å². The Hall–Kier alpha value is -2.18. The Morgan fingerprint density at radius 1 is 1.47 bits per heavy atom. The van der Waals surface area contributed by atoms with Gasteiger partial charge >= 0.3 is 11.7 Å². The Kier molecular flexibility index (Phi) is 5.23. The van der Waals surface area contributed by atoms with E-state index in [0.717, 1.165) is 12.1 Å². The number of nitro benzene ring substituents is 1. The molecule has 0 radical (unpaired) electrons. The van der Waals surface area contributed by atoms with Crippen LogP contribution in [0.2, 0.25) is 0 Å². The van der Waals surface area contributed by atoms with Gasteiger partial charge in [0.2, 0.25) is 5.82 Å².